The molecule has 0 amide bonds. The number of aliphatic carboxylic acids is 1. The van der Waals surface area contributed by atoms with Gasteiger partial charge in [-0.3, -0.25) is 4.79 Å². The third kappa shape index (κ3) is 2.58. The quantitative estimate of drug-likeness (QED) is 0.832. The van der Waals surface area contributed by atoms with Crippen molar-refractivity contribution in [3.05, 3.63) is 12.4 Å². The number of hydrogen-bond donors (Lipinski definition) is 1. The van der Waals surface area contributed by atoms with Crippen molar-refractivity contribution in [1.82, 2.24) is 9.55 Å². The maximum absolute atomic E-state index is 10.8. The molecule has 94 valence electrons. The van der Waals surface area contributed by atoms with Crippen molar-refractivity contribution in [2.45, 2.75) is 25.9 Å². The van der Waals surface area contributed by atoms with Crippen molar-refractivity contribution in [3.63, 3.8) is 0 Å². The highest BCUT2D eigenvalue weighted by Crippen LogP contribution is 2.19. The van der Waals surface area contributed by atoms with Crippen LogP contribution >= 0.6 is 0 Å². The van der Waals surface area contributed by atoms with Crippen molar-refractivity contribution in [3.8, 4) is 0 Å². The monoisotopic (exact) mass is 239 g/mol. The summed E-state index contributed by atoms with van der Waals surface area (Å²) in [5.74, 6) is 0.0298. The Morgan fingerprint density at radius 2 is 2.53 bits per heavy atom. The van der Waals surface area contributed by atoms with Gasteiger partial charge in [0.15, 0.2) is 0 Å². The number of morpholine rings is 1. The minimum absolute atomic E-state index is 0.0799. The Hall–Kier alpha value is -1.56. The molecule has 1 aromatic rings. The third-order valence-electron chi connectivity index (χ3n) is 2.93. The topological polar surface area (TPSA) is 67.6 Å². The first-order valence-electron chi connectivity index (χ1n) is 5.79. The Bertz CT molecular complexity index is 391. The summed E-state index contributed by atoms with van der Waals surface area (Å²) in [6, 6.07) is -0.131. The summed E-state index contributed by atoms with van der Waals surface area (Å²) < 4.78 is 7.36. The number of carboxylic acid groups (broad SMARTS) is 1. The molecule has 6 nitrogen and oxygen atoms in total. The smallest absolute Gasteiger partial charge is 0.305 e. The van der Waals surface area contributed by atoms with E-state index in [1.807, 2.05) is 22.6 Å². The third-order valence-corrected chi connectivity index (χ3v) is 2.93. The molecule has 1 unspecified atom stereocenters. The van der Waals surface area contributed by atoms with Gasteiger partial charge in [-0.25, -0.2) is 4.98 Å². The number of ether oxygens (including phenoxy) is 1. The highest BCUT2D eigenvalue weighted by atomic mass is 16.5. The van der Waals surface area contributed by atoms with Gasteiger partial charge in [0, 0.05) is 25.5 Å². The summed E-state index contributed by atoms with van der Waals surface area (Å²) in [4.78, 5) is 17.2. The number of carbonyl (C=O) groups is 1. The van der Waals surface area contributed by atoms with Gasteiger partial charge in [0.05, 0.1) is 25.7 Å². The molecule has 1 aromatic heterocycles. The van der Waals surface area contributed by atoms with E-state index in [0.717, 1.165) is 12.5 Å². The molecule has 1 N–H and O–H groups in total. The summed E-state index contributed by atoms with van der Waals surface area (Å²) in [7, 11) is 0. The fourth-order valence-corrected chi connectivity index (χ4v) is 2.10. The van der Waals surface area contributed by atoms with E-state index in [0.29, 0.717) is 19.8 Å². The van der Waals surface area contributed by atoms with Gasteiger partial charge in [-0.2, -0.15) is 0 Å². The maximum Gasteiger partial charge on any atom is 0.305 e. The van der Waals surface area contributed by atoms with Crippen LogP contribution in [0.5, 0.6) is 0 Å². The predicted molar refractivity (Wildman–Crippen MR) is 62.1 cm³/mol. The Kier molecular flexibility index (Phi) is 3.63. The maximum atomic E-state index is 10.8. The van der Waals surface area contributed by atoms with Gasteiger partial charge in [-0.05, 0) is 6.92 Å². The summed E-state index contributed by atoms with van der Waals surface area (Å²) in [6.07, 6.45) is 3.73. The van der Waals surface area contributed by atoms with Crippen LogP contribution in [0.15, 0.2) is 12.4 Å². The molecule has 6 heteroatoms. The lowest BCUT2D eigenvalue weighted by Crippen LogP contribution is -2.47. The molecule has 0 bridgehead atoms. The van der Waals surface area contributed by atoms with Crippen LogP contribution in [0.3, 0.4) is 0 Å². The minimum atomic E-state index is -0.805. The fourth-order valence-electron chi connectivity index (χ4n) is 2.10. The molecular weight excluding hydrogens is 222 g/mol. The number of rotatable bonds is 4. The van der Waals surface area contributed by atoms with E-state index in [1.165, 1.54) is 0 Å². The Balaban J connectivity index is 2.18. The lowest BCUT2D eigenvalue weighted by Gasteiger charge is -2.35. The van der Waals surface area contributed by atoms with Gasteiger partial charge in [0.1, 0.15) is 0 Å². The van der Waals surface area contributed by atoms with Crippen molar-refractivity contribution < 1.29 is 14.6 Å². The van der Waals surface area contributed by atoms with Crippen molar-refractivity contribution in [2.75, 3.05) is 24.7 Å². The molecule has 0 radical (unpaired) electrons. The van der Waals surface area contributed by atoms with Crippen LogP contribution in [-0.4, -0.2) is 46.4 Å². The first-order chi connectivity index (χ1) is 8.22. The van der Waals surface area contributed by atoms with E-state index >= 15 is 0 Å². The SMILES string of the molecule is CCn1ccnc1N1CCOCC1CC(=O)O. The number of imidazole rings is 1. The summed E-state index contributed by atoms with van der Waals surface area (Å²) in [6.45, 7) is 4.62. The molecule has 17 heavy (non-hydrogen) atoms. The highest BCUT2D eigenvalue weighted by Gasteiger charge is 2.27. The molecule has 0 aromatic carbocycles. The normalized spacial score (nSPS) is 20.5. The van der Waals surface area contributed by atoms with Crippen LogP contribution in [0.4, 0.5) is 5.95 Å². The number of aromatic nitrogens is 2. The lowest BCUT2D eigenvalue weighted by atomic mass is 10.1. The van der Waals surface area contributed by atoms with Crippen LogP contribution in [0.25, 0.3) is 0 Å². The van der Waals surface area contributed by atoms with Gasteiger partial charge in [-0.15, -0.1) is 0 Å². The zero-order chi connectivity index (χ0) is 12.3. The molecule has 1 saturated heterocycles. The summed E-state index contributed by atoms with van der Waals surface area (Å²) in [5.41, 5.74) is 0. The average molecular weight is 239 g/mol. The molecule has 2 heterocycles. The van der Waals surface area contributed by atoms with Crippen LogP contribution < -0.4 is 4.90 Å². The molecule has 1 aliphatic heterocycles. The van der Waals surface area contributed by atoms with E-state index in [2.05, 4.69) is 4.98 Å². The van der Waals surface area contributed by atoms with Crippen molar-refractivity contribution in [2.24, 2.45) is 0 Å². The molecule has 1 atom stereocenters. The fraction of sp³-hybridized carbons (Fsp3) is 0.636. The molecule has 2 rings (SSSR count). The minimum Gasteiger partial charge on any atom is -0.481 e. The molecule has 0 saturated carbocycles. The van der Waals surface area contributed by atoms with E-state index in [-0.39, 0.29) is 12.5 Å². The first-order valence-corrected chi connectivity index (χ1v) is 5.79. The predicted octanol–water partition coefficient (Wildman–Crippen LogP) is 0.583. The Morgan fingerprint density at radius 3 is 3.24 bits per heavy atom. The lowest BCUT2D eigenvalue weighted by molar-refractivity contribution is -0.138. The second-order valence-corrected chi connectivity index (χ2v) is 4.03. The van der Waals surface area contributed by atoms with E-state index in [4.69, 9.17) is 9.84 Å². The molecule has 1 fully saturated rings. The zero-order valence-electron chi connectivity index (χ0n) is 9.87. The highest BCUT2D eigenvalue weighted by molar-refractivity contribution is 5.68. The van der Waals surface area contributed by atoms with Crippen molar-refractivity contribution >= 4 is 11.9 Å². The van der Waals surface area contributed by atoms with Crippen LogP contribution in [-0.2, 0) is 16.1 Å². The summed E-state index contributed by atoms with van der Waals surface area (Å²) in [5, 5.41) is 8.90. The van der Waals surface area contributed by atoms with Gasteiger partial charge < -0.3 is 19.3 Å². The van der Waals surface area contributed by atoms with Gasteiger partial charge in [0.2, 0.25) is 5.95 Å². The average Bonchev–Trinajstić information content (AvgIpc) is 2.77. The molecular formula is C11H17N3O3. The van der Waals surface area contributed by atoms with Gasteiger partial charge in [0.25, 0.3) is 0 Å². The van der Waals surface area contributed by atoms with Crippen molar-refractivity contribution in [1.29, 1.82) is 0 Å². The number of nitrogens with zero attached hydrogens (tertiary/aromatic N) is 3. The van der Waals surface area contributed by atoms with E-state index in [9.17, 15) is 4.79 Å². The summed E-state index contributed by atoms with van der Waals surface area (Å²) >= 11 is 0. The number of carboxylic acids is 1. The molecule has 1 aliphatic rings. The molecule has 0 spiro atoms. The first kappa shape index (κ1) is 11.9. The Labute approximate surface area is 99.8 Å². The number of anilines is 1. The zero-order valence-corrected chi connectivity index (χ0v) is 9.87. The molecule has 0 aliphatic carbocycles. The van der Waals surface area contributed by atoms with Crippen LogP contribution in [0, 0.1) is 0 Å². The van der Waals surface area contributed by atoms with Crippen LogP contribution in [0.2, 0.25) is 0 Å². The number of aryl methyl sites for hydroxylation is 1. The van der Waals surface area contributed by atoms with Crippen LogP contribution in [0.1, 0.15) is 13.3 Å². The second-order valence-electron chi connectivity index (χ2n) is 4.03. The largest absolute Gasteiger partial charge is 0.481 e. The van der Waals surface area contributed by atoms with E-state index < -0.39 is 5.97 Å². The number of hydrogen-bond acceptors (Lipinski definition) is 4. The van der Waals surface area contributed by atoms with Gasteiger partial charge in [-0.1, -0.05) is 0 Å². The standard InChI is InChI=1S/C11H17N3O3/c1-2-13-4-3-12-11(13)14-5-6-17-8-9(14)7-10(15)16/h3-4,9H,2,5-8H2,1H3,(H,15,16). The second kappa shape index (κ2) is 5.18. The van der Waals surface area contributed by atoms with E-state index in [1.54, 1.807) is 6.20 Å². The Morgan fingerprint density at radius 1 is 1.71 bits per heavy atom. The van der Waals surface area contributed by atoms with Gasteiger partial charge >= 0.3 is 5.97 Å².